The fraction of sp³-hybridized carbons (Fsp3) is 0.818. The summed E-state index contributed by atoms with van der Waals surface area (Å²) in [6.07, 6.45) is 1.47. The van der Waals surface area contributed by atoms with Gasteiger partial charge in [0.25, 0.3) is 0 Å². The molecule has 0 saturated carbocycles. The number of amides is 1. The Kier molecular flexibility index (Phi) is 7.33. The third kappa shape index (κ3) is 7.09. The van der Waals surface area contributed by atoms with Crippen molar-refractivity contribution in [3.05, 3.63) is 0 Å². The lowest BCUT2D eigenvalue weighted by Crippen LogP contribution is -2.42. The van der Waals surface area contributed by atoms with Crippen molar-refractivity contribution >= 4 is 12.1 Å². The van der Waals surface area contributed by atoms with Crippen LogP contribution in [0.1, 0.15) is 40.0 Å². The Morgan fingerprint density at radius 3 is 2.44 bits per heavy atom. The number of aliphatic carboxylic acids is 1. The number of rotatable bonds is 7. The van der Waals surface area contributed by atoms with Crippen molar-refractivity contribution in [1.82, 2.24) is 5.32 Å². The van der Waals surface area contributed by atoms with Crippen LogP contribution in [-0.2, 0) is 9.53 Å². The van der Waals surface area contributed by atoms with E-state index < -0.39 is 18.1 Å². The smallest absolute Gasteiger partial charge is 0.407 e. The molecule has 0 aliphatic heterocycles. The van der Waals surface area contributed by atoms with E-state index in [2.05, 4.69) is 5.32 Å². The molecule has 0 heterocycles. The van der Waals surface area contributed by atoms with Crippen LogP contribution in [-0.4, -0.2) is 29.8 Å². The second-order valence-corrected chi connectivity index (χ2v) is 4.15. The first-order valence-corrected chi connectivity index (χ1v) is 5.63. The van der Waals surface area contributed by atoms with Gasteiger partial charge in [-0.3, -0.25) is 0 Å². The largest absolute Gasteiger partial charge is 0.480 e. The molecular weight excluding hydrogens is 210 g/mol. The van der Waals surface area contributed by atoms with Gasteiger partial charge in [-0.25, -0.2) is 9.59 Å². The molecule has 0 aromatic rings. The maximum atomic E-state index is 11.2. The molecule has 0 aliphatic rings. The Balaban J connectivity index is 3.98. The molecule has 0 unspecified atom stereocenters. The molecule has 2 N–H and O–H groups in total. The Morgan fingerprint density at radius 2 is 2.00 bits per heavy atom. The number of carboxylic acid groups (broad SMARTS) is 1. The van der Waals surface area contributed by atoms with E-state index in [9.17, 15) is 9.59 Å². The predicted molar refractivity (Wildman–Crippen MR) is 60.3 cm³/mol. The molecule has 0 aromatic heterocycles. The third-order valence-electron chi connectivity index (χ3n) is 2.03. The highest BCUT2D eigenvalue weighted by Crippen LogP contribution is 2.05. The quantitative estimate of drug-likeness (QED) is 0.657. The van der Waals surface area contributed by atoms with Gasteiger partial charge in [0.2, 0.25) is 0 Å². The molecule has 0 fully saturated rings. The molecule has 5 nitrogen and oxygen atoms in total. The normalized spacial score (nSPS) is 12.2. The molecule has 94 valence electrons. The summed E-state index contributed by atoms with van der Waals surface area (Å²) >= 11 is 0. The summed E-state index contributed by atoms with van der Waals surface area (Å²) in [6, 6.07) is -0.867. The fourth-order valence-electron chi connectivity index (χ4n) is 1.19. The summed E-state index contributed by atoms with van der Waals surface area (Å²) in [6.45, 7) is 6.12. The second-order valence-electron chi connectivity index (χ2n) is 4.15. The van der Waals surface area contributed by atoms with Gasteiger partial charge in [0.1, 0.15) is 6.04 Å². The molecule has 0 saturated heterocycles. The molecule has 1 amide bonds. The van der Waals surface area contributed by atoms with Crippen LogP contribution in [0.5, 0.6) is 0 Å². The molecule has 0 aromatic carbocycles. The average molecular weight is 231 g/mol. The zero-order chi connectivity index (χ0) is 12.6. The summed E-state index contributed by atoms with van der Waals surface area (Å²) < 4.78 is 4.83. The number of carbonyl (C=O) groups is 2. The van der Waals surface area contributed by atoms with E-state index in [1.54, 1.807) is 0 Å². The van der Waals surface area contributed by atoms with Crippen molar-refractivity contribution in [3.8, 4) is 0 Å². The third-order valence-corrected chi connectivity index (χ3v) is 2.03. The van der Waals surface area contributed by atoms with Gasteiger partial charge < -0.3 is 15.2 Å². The maximum absolute atomic E-state index is 11.2. The van der Waals surface area contributed by atoms with Crippen molar-refractivity contribution in [3.63, 3.8) is 0 Å². The summed E-state index contributed by atoms with van der Waals surface area (Å²) in [4.78, 5) is 22.0. The van der Waals surface area contributed by atoms with Gasteiger partial charge in [0.15, 0.2) is 0 Å². The summed E-state index contributed by atoms with van der Waals surface area (Å²) in [7, 11) is 0. The maximum Gasteiger partial charge on any atom is 0.407 e. The van der Waals surface area contributed by atoms with Gasteiger partial charge in [-0.05, 0) is 18.8 Å². The zero-order valence-corrected chi connectivity index (χ0v) is 10.2. The highest BCUT2D eigenvalue weighted by molar-refractivity contribution is 5.79. The monoisotopic (exact) mass is 231 g/mol. The lowest BCUT2D eigenvalue weighted by Gasteiger charge is -2.16. The van der Waals surface area contributed by atoms with Crippen molar-refractivity contribution in [2.45, 2.75) is 46.1 Å². The molecule has 0 bridgehead atoms. The van der Waals surface area contributed by atoms with Crippen LogP contribution in [0.25, 0.3) is 0 Å². The van der Waals surface area contributed by atoms with Gasteiger partial charge in [-0.1, -0.05) is 27.2 Å². The summed E-state index contributed by atoms with van der Waals surface area (Å²) in [5.74, 6) is -0.821. The van der Waals surface area contributed by atoms with E-state index in [1.165, 1.54) is 0 Å². The van der Waals surface area contributed by atoms with Crippen LogP contribution in [0.15, 0.2) is 0 Å². The number of carboxylic acids is 1. The van der Waals surface area contributed by atoms with Gasteiger partial charge in [0.05, 0.1) is 6.61 Å². The van der Waals surface area contributed by atoms with Gasteiger partial charge in [-0.15, -0.1) is 0 Å². The molecule has 0 rings (SSSR count). The van der Waals surface area contributed by atoms with E-state index >= 15 is 0 Å². The van der Waals surface area contributed by atoms with Crippen molar-refractivity contribution < 1.29 is 19.4 Å². The lowest BCUT2D eigenvalue weighted by atomic mass is 10.0. The zero-order valence-electron chi connectivity index (χ0n) is 10.2. The van der Waals surface area contributed by atoms with E-state index in [0.29, 0.717) is 13.0 Å². The molecule has 0 spiro atoms. The Labute approximate surface area is 96.2 Å². The van der Waals surface area contributed by atoms with Gasteiger partial charge >= 0.3 is 12.1 Å². The molecular formula is C11H21NO4. The Hall–Kier alpha value is -1.26. The van der Waals surface area contributed by atoms with Crippen LogP contribution in [0.3, 0.4) is 0 Å². The number of ether oxygens (including phenoxy) is 1. The van der Waals surface area contributed by atoms with Crippen LogP contribution < -0.4 is 5.32 Å². The van der Waals surface area contributed by atoms with E-state index in [-0.39, 0.29) is 5.92 Å². The average Bonchev–Trinajstić information content (AvgIpc) is 2.16. The number of carbonyl (C=O) groups excluding carboxylic acids is 1. The number of nitrogens with one attached hydrogen (secondary N) is 1. The van der Waals surface area contributed by atoms with E-state index in [1.807, 2.05) is 20.8 Å². The first-order valence-electron chi connectivity index (χ1n) is 5.63. The lowest BCUT2D eigenvalue weighted by molar-refractivity contribution is -0.139. The van der Waals surface area contributed by atoms with Gasteiger partial charge in [-0.2, -0.15) is 0 Å². The SMILES string of the molecule is CCCCOC(=O)N[C@H](CC(C)C)C(=O)O. The standard InChI is InChI=1S/C11H21NO4/c1-4-5-6-16-11(15)12-9(10(13)14)7-8(2)3/h8-9H,4-7H2,1-3H3,(H,12,15)(H,13,14)/t9-/m1/s1. The predicted octanol–water partition coefficient (Wildman–Crippen LogP) is 2.01. The number of hydrogen-bond acceptors (Lipinski definition) is 3. The molecule has 1 atom stereocenters. The molecule has 16 heavy (non-hydrogen) atoms. The van der Waals surface area contributed by atoms with Crippen molar-refractivity contribution in [2.24, 2.45) is 5.92 Å². The van der Waals surface area contributed by atoms with Crippen LogP contribution in [0.4, 0.5) is 4.79 Å². The molecule has 0 radical (unpaired) electrons. The minimum absolute atomic E-state index is 0.206. The van der Waals surface area contributed by atoms with Crippen molar-refractivity contribution in [1.29, 1.82) is 0 Å². The number of hydrogen-bond donors (Lipinski definition) is 2. The summed E-state index contributed by atoms with van der Waals surface area (Å²) in [5.41, 5.74) is 0. The van der Waals surface area contributed by atoms with Crippen molar-refractivity contribution in [2.75, 3.05) is 6.61 Å². The van der Waals surface area contributed by atoms with Gasteiger partial charge in [0, 0.05) is 0 Å². The van der Waals surface area contributed by atoms with Crippen LogP contribution in [0, 0.1) is 5.92 Å². The first kappa shape index (κ1) is 14.7. The first-order chi connectivity index (χ1) is 7.47. The topological polar surface area (TPSA) is 75.6 Å². The van der Waals surface area contributed by atoms with Crippen LogP contribution >= 0.6 is 0 Å². The minimum Gasteiger partial charge on any atom is -0.480 e. The van der Waals surface area contributed by atoms with E-state index in [4.69, 9.17) is 9.84 Å². The Morgan fingerprint density at radius 1 is 1.38 bits per heavy atom. The highest BCUT2D eigenvalue weighted by Gasteiger charge is 2.21. The second kappa shape index (κ2) is 7.96. The number of unbranched alkanes of at least 4 members (excludes halogenated alkanes) is 1. The van der Waals surface area contributed by atoms with Crippen LogP contribution in [0.2, 0.25) is 0 Å². The number of alkyl carbamates (subject to hydrolysis) is 1. The minimum atomic E-state index is -1.03. The molecule has 5 heteroatoms. The van der Waals surface area contributed by atoms with E-state index in [0.717, 1.165) is 12.8 Å². The molecule has 0 aliphatic carbocycles. The highest BCUT2D eigenvalue weighted by atomic mass is 16.5. The Bertz CT molecular complexity index is 228. The summed E-state index contributed by atoms with van der Waals surface area (Å²) in [5, 5.41) is 11.2. The fourth-order valence-corrected chi connectivity index (χ4v) is 1.19.